The third-order valence-corrected chi connectivity index (χ3v) is 2.98. The second kappa shape index (κ2) is 5.86. The molecule has 104 valence electrons. The van der Waals surface area contributed by atoms with Crippen molar-refractivity contribution in [2.75, 3.05) is 11.9 Å². The number of aryl methyl sites for hydroxylation is 1. The Morgan fingerprint density at radius 2 is 2.26 bits per heavy atom. The molecular formula is C13H19N3O3. The highest BCUT2D eigenvalue weighted by Crippen LogP contribution is 2.27. The van der Waals surface area contributed by atoms with Crippen molar-refractivity contribution in [2.45, 2.75) is 45.6 Å². The minimum absolute atomic E-state index is 0.0523. The van der Waals surface area contributed by atoms with Crippen LogP contribution >= 0.6 is 0 Å². The molecule has 1 aliphatic carbocycles. The first kappa shape index (κ1) is 13.6. The van der Waals surface area contributed by atoms with Crippen LogP contribution in [0.4, 0.5) is 5.82 Å². The van der Waals surface area contributed by atoms with Crippen molar-refractivity contribution in [1.29, 1.82) is 0 Å². The normalized spacial score (nSPS) is 14.2. The molecule has 6 heteroatoms. The summed E-state index contributed by atoms with van der Waals surface area (Å²) >= 11 is 0. The highest BCUT2D eigenvalue weighted by molar-refractivity contribution is 5.94. The average molecular weight is 265 g/mol. The smallest absolute Gasteiger partial charge is 0.245 e. The van der Waals surface area contributed by atoms with Gasteiger partial charge in [0.15, 0.2) is 5.82 Å². The van der Waals surface area contributed by atoms with E-state index < -0.39 is 0 Å². The van der Waals surface area contributed by atoms with E-state index in [9.17, 15) is 9.59 Å². The molecule has 2 rings (SSSR count). The van der Waals surface area contributed by atoms with Gasteiger partial charge in [0.1, 0.15) is 12.3 Å². The third-order valence-electron chi connectivity index (χ3n) is 2.98. The van der Waals surface area contributed by atoms with Gasteiger partial charge < -0.3 is 14.7 Å². The van der Waals surface area contributed by atoms with E-state index in [1.807, 2.05) is 6.92 Å². The Balaban J connectivity index is 1.89. The van der Waals surface area contributed by atoms with Crippen LogP contribution in [-0.4, -0.2) is 34.5 Å². The number of amides is 2. The molecule has 1 N–H and O–H groups in total. The van der Waals surface area contributed by atoms with Crippen molar-refractivity contribution >= 4 is 17.6 Å². The minimum Gasteiger partial charge on any atom is -0.360 e. The summed E-state index contributed by atoms with van der Waals surface area (Å²) in [5.41, 5.74) is 0. The fraction of sp³-hybridized carbons (Fsp3) is 0.615. The van der Waals surface area contributed by atoms with Crippen LogP contribution in [0, 0.1) is 6.92 Å². The molecule has 1 aliphatic rings. The monoisotopic (exact) mass is 265 g/mol. The zero-order chi connectivity index (χ0) is 13.8. The summed E-state index contributed by atoms with van der Waals surface area (Å²) in [6.07, 6.45) is 3.27. The van der Waals surface area contributed by atoms with Crippen LogP contribution < -0.4 is 5.32 Å². The van der Waals surface area contributed by atoms with Gasteiger partial charge >= 0.3 is 0 Å². The molecule has 0 saturated heterocycles. The van der Waals surface area contributed by atoms with Gasteiger partial charge in [-0.1, -0.05) is 12.1 Å². The van der Waals surface area contributed by atoms with E-state index in [4.69, 9.17) is 4.52 Å². The lowest BCUT2D eigenvalue weighted by Gasteiger charge is -2.21. The Labute approximate surface area is 112 Å². The van der Waals surface area contributed by atoms with E-state index >= 15 is 0 Å². The van der Waals surface area contributed by atoms with Crippen LogP contribution in [0.15, 0.2) is 10.6 Å². The standard InChI is InChI=1S/C13H19N3O3/c1-3-4-13(18)16(10-5-6-10)8-12(17)14-11-7-9(2)19-15-11/h7,10H,3-6,8H2,1-2H3,(H,14,15,17). The number of hydrogen-bond acceptors (Lipinski definition) is 4. The maximum absolute atomic E-state index is 11.9. The Hall–Kier alpha value is -1.85. The predicted molar refractivity (Wildman–Crippen MR) is 69.5 cm³/mol. The summed E-state index contributed by atoms with van der Waals surface area (Å²) in [5, 5.41) is 6.33. The van der Waals surface area contributed by atoms with Crippen LogP contribution in [0.3, 0.4) is 0 Å². The zero-order valence-electron chi connectivity index (χ0n) is 11.3. The van der Waals surface area contributed by atoms with E-state index in [2.05, 4.69) is 10.5 Å². The molecule has 0 aliphatic heterocycles. The van der Waals surface area contributed by atoms with Gasteiger partial charge in [-0.3, -0.25) is 9.59 Å². The van der Waals surface area contributed by atoms with E-state index in [0.717, 1.165) is 19.3 Å². The second-order valence-corrected chi connectivity index (χ2v) is 4.87. The first-order valence-electron chi connectivity index (χ1n) is 6.62. The Morgan fingerprint density at radius 3 is 2.79 bits per heavy atom. The Morgan fingerprint density at radius 1 is 1.53 bits per heavy atom. The molecule has 0 aromatic carbocycles. The lowest BCUT2D eigenvalue weighted by Crippen LogP contribution is -2.39. The topological polar surface area (TPSA) is 75.4 Å². The fourth-order valence-electron chi connectivity index (χ4n) is 1.93. The van der Waals surface area contributed by atoms with Gasteiger partial charge in [-0.15, -0.1) is 0 Å². The molecule has 0 spiro atoms. The summed E-state index contributed by atoms with van der Waals surface area (Å²) in [5.74, 6) is 0.846. The molecule has 1 saturated carbocycles. The number of aromatic nitrogens is 1. The lowest BCUT2D eigenvalue weighted by molar-refractivity contribution is -0.135. The Bertz CT molecular complexity index is 465. The molecule has 0 radical (unpaired) electrons. The van der Waals surface area contributed by atoms with E-state index in [0.29, 0.717) is 18.0 Å². The minimum atomic E-state index is -0.232. The van der Waals surface area contributed by atoms with Crippen molar-refractivity contribution < 1.29 is 14.1 Å². The van der Waals surface area contributed by atoms with Crippen LogP contribution in [0.5, 0.6) is 0 Å². The molecule has 1 aromatic heterocycles. The first-order valence-corrected chi connectivity index (χ1v) is 6.62. The summed E-state index contributed by atoms with van der Waals surface area (Å²) in [4.78, 5) is 25.5. The zero-order valence-corrected chi connectivity index (χ0v) is 11.3. The molecule has 6 nitrogen and oxygen atoms in total. The number of carbonyl (C=O) groups excluding carboxylic acids is 2. The molecule has 1 heterocycles. The Kier molecular flexibility index (Phi) is 4.19. The number of carbonyl (C=O) groups is 2. The van der Waals surface area contributed by atoms with Crippen LogP contribution in [0.2, 0.25) is 0 Å². The third kappa shape index (κ3) is 3.81. The van der Waals surface area contributed by atoms with Gasteiger partial charge in [-0.05, 0) is 26.2 Å². The van der Waals surface area contributed by atoms with E-state index in [-0.39, 0.29) is 24.4 Å². The number of anilines is 1. The van der Waals surface area contributed by atoms with E-state index in [1.165, 1.54) is 0 Å². The van der Waals surface area contributed by atoms with Crippen LogP contribution in [0.1, 0.15) is 38.4 Å². The molecule has 0 unspecified atom stereocenters. The maximum atomic E-state index is 11.9. The van der Waals surface area contributed by atoms with Gasteiger partial charge in [0, 0.05) is 18.5 Å². The average Bonchev–Trinajstić information content (AvgIpc) is 3.11. The highest BCUT2D eigenvalue weighted by Gasteiger charge is 2.33. The first-order chi connectivity index (χ1) is 9.10. The van der Waals surface area contributed by atoms with E-state index in [1.54, 1.807) is 17.9 Å². The van der Waals surface area contributed by atoms with Crippen molar-refractivity contribution in [3.05, 3.63) is 11.8 Å². The largest absolute Gasteiger partial charge is 0.360 e. The van der Waals surface area contributed by atoms with Crippen molar-refractivity contribution in [3.63, 3.8) is 0 Å². The van der Waals surface area contributed by atoms with Gasteiger partial charge in [-0.2, -0.15) is 0 Å². The molecule has 0 bridgehead atoms. The number of nitrogens with zero attached hydrogens (tertiary/aromatic N) is 2. The number of nitrogens with one attached hydrogen (secondary N) is 1. The molecule has 1 fully saturated rings. The SMILES string of the molecule is CCCC(=O)N(CC(=O)Nc1cc(C)on1)C1CC1. The summed E-state index contributed by atoms with van der Waals surface area (Å²) in [6.45, 7) is 3.81. The fourth-order valence-corrected chi connectivity index (χ4v) is 1.93. The molecule has 19 heavy (non-hydrogen) atoms. The maximum Gasteiger partial charge on any atom is 0.245 e. The van der Waals surface area contributed by atoms with Gasteiger partial charge in [0.05, 0.1) is 0 Å². The molecule has 2 amide bonds. The molecule has 0 atom stereocenters. The molecule has 1 aromatic rings. The summed E-state index contributed by atoms with van der Waals surface area (Å²) in [6, 6.07) is 1.89. The van der Waals surface area contributed by atoms with Crippen LogP contribution in [-0.2, 0) is 9.59 Å². The van der Waals surface area contributed by atoms with Crippen molar-refractivity contribution in [2.24, 2.45) is 0 Å². The quantitative estimate of drug-likeness (QED) is 0.849. The van der Waals surface area contributed by atoms with Crippen LogP contribution in [0.25, 0.3) is 0 Å². The van der Waals surface area contributed by atoms with Gasteiger partial charge in [0.25, 0.3) is 0 Å². The van der Waals surface area contributed by atoms with Crippen molar-refractivity contribution in [3.8, 4) is 0 Å². The lowest BCUT2D eigenvalue weighted by atomic mass is 10.3. The van der Waals surface area contributed by atoms with Gasteiger partial charge in [0.2, 0.25) is 11.8 Å². The predicted octanol–water partition coefficient (Wildman–Crippen LogP) is 1.71. The summed E-state index contributed by atoms with van der Waals surface area (Å²) < 4.78 is 4.87. The molecular weight excluding hydrogens is 246 g/mol. The van der Waals surface area contributed by atoms with Crippen molar-refractivity contribution in [1.82, 2.24) is 10.1 Å². The number of hydrogen-bond donors (Lipinski definition) is 1. The second-order valence-electron chi connectivity index (χ2n) is 4.87. The number of rotatable bonds is 6. The van der Waals surface area contributed by atoms with Gasteiger partial charge in [-0.25, -0.2) is 0 Å². The highest BCUT2D eigenvalue weighted by atomic mass is 16.5. The summed E-state index contributed by atoms with van der Waals surface area (Å²) in [7, 11) is 0.